The van der Waals surface area contributed by atoms with Gasteiger partial charge in [-0.3, -0.25) is 4.79 Å². The Labute approximate surface area is 179 Å². The lowest BCUT2D eigenvalue weighted by Gasteiger charge is -2.11. The van der Waals surface area contributed by atoms with Crippen LogP contribution in [0.1, 0.15) is 12.5 Å². The molecule has 3 aromatic carbocycles. The number of benzene rings is 3. The summed E-state index contributed by atoms with van der Waals surface area (Å²) < 4.78 is 10.8. The molecular formula is C24H22N2O5. The highest BCUT2D eigenvalue weighted by atomic mass is 16.5. The maximum absolute atomic E-state index is 12.2. The average Bonchev–Trinajstić information content (AvgIpc) is 2.81. The standard InChI is InChI=1S/C24H22N2O5/c1-17(18-11-13-20(14-12-18)30-16-24(28)29)25-26-23(27)15-31-22-10-6-5-9-21(22)19-7-3-2-4-8-19/h2-14H,15-16H2,1H3,(H,26,27)(H,28,29)/b25-17-. The molecule has 7 nitrogen and oxygen atoms in total. The van der Waals surface area contributed by atoms with Crippen molar-refractivity contribution in [2.45, 2.75) is 6.92 Å². The van der Waals surface area contributed by atoms with Crippen LogP contribution in [0.25, 0.3) is 11.1 Å². The van der Waals surface area contributed by atoms with E-state index in [4.69, 9.17) is 14.6 Å². The second kappa shape index (κ2) is 10.6. The molecule has 0 saturated heterocycles. The van der Waals surface area contributed by atoms with Crippen molar-refractivity contribution in [2.24, 2.45) is 5.10 Å². The third kappa shape index (κ3) is 6.43. The number of carbonyl (C=O) groups excluding carboxylic acids is 1. The van der Waals surface area contributed by atoms with Crippen LogP contribution in [0.2, 0.25) is 0 Å². The van der Waals surface area contributed by atoms with Crippen molar-refractivity contribution in [3.05, 3.63) is 84.4 Å². The lowest BCUT2D eigenvalue weighted by Crippen LogP contribution is -2.25. The molecule has 31 heavy (non-hydrogen) atoms. The minimum absolute atomic E-state index is 0.178. The van der Waals surface area contributed by atoms with Crippen molar-refractivity contribution in [1.29, 1.82) is 0 Å². The van der Waals surface area contributed by atoms with Gasteiger partial charge in [-0.2, -0.15) is 5.10 Å². The minimum Gasteiger partial charge on any atom is -0.483 e. The van der Waals surface area contributed by atoms with E-state index in [9.17, 15) is 9.59 Å². The zero-order valence-electron chi connectivity index (χ0n) is 16.9. The van der Waals surface area contributed by atoms with Crippen molar-refractivity contribution < 1.29 is 24.2 Å². The Kier molecular flexibility index (Phi) is 7.37. The lowest BCUT2D eigenvalue weighted by atomic mass is 10.1. The number of hydrogen-bond acceptors (Lipinski definition) is 5. The molecule has 0 heterocycles. The highest BCUT2D eigenvalue weighted by Gasteiger charge is 2.08. The lowest BCUT2D eigenvalue weighted by molar-refractivity contribution is -0.139. The molecule has 3 rings (SSSR count). The summed E-state index contributed by atoms with van der Waals surface area (Å²) >= 11 is 0. The van der Waals surface area contributed by atoms with Crippen molar-refractivity contribution in [1.82, 2.24) is 5.43 Å². The number of ether oxygens (including phenoxy) is 2. The van der Waals surface area contributed by atoms with Gasteiger partial charge in [0.1, 0.15) is 11.5 Å². The molecule has 7 heteroatoms. The molecule has 0 atom stereocenters. The molecular weight excluding hydrogens is 396 g/mol. The summed E-state index contributed by atoms with van der Waals surface area (Å²) in [6.07, 6.45) is 0. The Hall–Kier alpha value is -4.13. The maximum atomic E-state index is 12.2. The third-order valence-corrected chi connectivity index (χ3v) is 4.31. The number of nitrogens with zero attached hydrogens (tertiary/aromatic N) is 1. The number of hydrogen-bond donors (Lipinski definition) is 2. The van der Waals surface area contributed by atoms with E-state index in [-0.39, 0.29) is 12.5 Å². The number of hydrazone groups is 1. The fraction of sp³-hybridized carbons (Fsp3) is 0.125. The summed E-state index contributed by atoms with van der Waals surface area (Å²) in [6, 6.07) is 24.1. The number of carboxylic acids is 1. The number of para-hydroxylation sites is 1. The first-order chi connectivity index (χ1) is 15.0. The summed E-state index contributed by atoms with van der Waals surface area (Å²) in [4.78, 5) is 22.7. The van der Waals surface area contributed by atoms with Gasteiger partial charge in [0, 0.05) is 5.56 Å². The second-order valence-electron chi connectivity index (χ2n) is 6.59. The first-order valence-electron chi connectivity index (χ1n) is 9.58. The van der Waals surface area contributed by atoms with E-state index in [0.717, 1.165) is 16.7 Å². The van der Waals surface area contributed by atoms with Gasteiger partial charge in [-0.05, 0) is 48.4 Å². The van der Waals surface area contributed by atoms with E-state index in [0.29, 0.717) is 17.2 Å². The number of carboxylic acid groups (broad SMARTS) is 1. The fourth-order valence-electron chi connectivity index (χ4n) is 2.77. The van der Waals surface area contributed by atoms with Gasteiger partial charge >= 0.3 is 5.97 Å². The SMILES string of the molecule is C/C(=N/NC(=O)COc1ccccc1-c1ccccc1)c1ccc(OCC(=O)O)cc1. The predicted octanol–water partition coefficient (Wildman–Crippen LogP) is 3.74. The molecule has 3 aromatic rings. The molecule has 0 radical (unpaired) electrons. The number of carbonyl (C=O) groups is 2. The van der Waals surface area contributed by atoms with Crippen molar-refractivity contribution in [3.63, 3.8) is 0 Å². The Morgan fingerprint density at radius 3 is 2.26 bits per heavy atom. The van der Waals surface area contributed by atoms with Gasteiger partial charge in [0.15, 0.2) is 13.2 Å². The summed E-state index contributed by atoms with van der Waals surface area (Å²) in [5.74, 6) is -0.378. The highest BCUT2D eigenvalue weighted by molar-refractivity contribution is 5.99. The van der Waals surface area contributed by atoms with Crippen LogP contribution < -0.4 is 14.9 Å². The normalized spacial score (nSPS) is 10.9. The molecule has 0 aromatic heterocycles. The van der Waals surface area contributed by atoms with E-state index < -0.39 is 12.6 Å². The zero-order valence-corrected chi connectivity index (χ0v) is 16.9. The molecule has 0 saturated carbocycles. The van der Waals surface area contributed by atoms with Crippen LogP contribution in [-0.2, 0) is 9.59 Å². The molecule has 0 aliphatic heterocycles. The van der Waals surface area contributed by atoms with Crippen LogP contribution in [0.4, 0.5) is 0 Å². The minimum atomic E-state index is -1.04. The molecule has 158 valence electrons. The summed E-state index contributed by atoms with van der Waals surface area (Å²) in [7, 11) is 0. The Balaban J connectivity index is 1.56. The van der Waals surface area contributed by atoms with Gasteiger partial charge < -0.3 is 14.6 Å². The molecule has 2 N–H and O–H groups in total. The Morgan fingerprint density at radius 2 is 1.55 bits per heavy atom. The van der Waals surface area contributed by atoms with E-state index in [2.05, 4.69) is 10.5 Å². The van der Waals surface area contributed by atoms with Gasteiger partial charge in [0.05, 0.1) is 5.71 Å². The van der Waals surface area contributed by atoms with E-state index in [1.54, 1.807) is 31.2 Å². The molecule has 0 fully saturated rings. The molecule has 0 bridgehead atoms. The quantitative estimate of drug-likeness (QED) is 0.408. The molecule has 0 unspecified atom stereocenters. The summed E-state index contributed by atoms with van der Waals surface area (Å²) in [5, 5.41) is 12.7. The second-order valence-corrected chi connectivity index (χ2v) is 6.59. The smallest absolute Gasteiger partial charge is 0.341 e. The summed E-state index contributed by atoms with van der Waals surface area (Å²) in [6.45, 7) is 1.16. The van der Waals surface area contributed by atoms with Crippen LogP contribution in [0.15, 0.2) is 84.0 Å². The Morgan fingerprint density at radius 1 is 0.871 bits per heavy atom. The maximum Gasteiger partial charge on any atom is 0.341 e. The van der Waals surface area contributed by atoms with Crippen LogP contribution in [-0.4, -0.2) is 35.9 Å². The van der Waals surface area contributed by atoms with Gasteiger partial charge in [0.25, 0.3) is 5.91 Å². The van der Waals surface area contributed by atoms with Crippen LogP contribution in [0.3, 0.4) is 0 Å². The molecule has 0 aliphatic carbocycles. The van der Waals surface area contributed by atoms with Gasteiger partial charge in [-0.15, -0.1) is 0 Å². The number of rotatable bonds is 9. The van der Waals surface area contributed by atoms with Crippen molar-refractivity contribution in [2.75, 3.05) is 13.2 Å². The number of nitrogens with one attached hydrogen (secondary N) is 1. The van der Waals surface area contributed by atoms with E-state index in [1.807, 2.05) is 54.6 Å². The van der Waals surface area contributed by atoms with Crippen LogP contribution in [0.5, 0.6) is 11.5 Å². The average molecular weight is 418 g/mol. The highest BCUT2D eigenvalue weighted by Crippen LogP contribution is 2.29. The zero-order chi connectivity index (χ0) is 22.1. The van der Waals surface area contributed by atoms with Gasteiger partial charge in [-0.1, -0.05) is 48.5 Å². The van der Waals surface area contributed by atoms with E-state index in [1.165, 1.54) is 0 Å². The fourth-order valence-corrected chi connectivity index (χ4v) is 2.77. The molecule has 0 aliphatic rings. The monoisotopic (exact) mass is 418 g/mol. The number of aliphatic carboxylic acids is 1. The van der Waals surface area contributed by atoms with Gasteiger partial charge in [-0.25, -0.2) is 10.2 Å². The largest absolute Gasteiger partial charge is 0.483 e. The molecule has 1 amide bonds. The van der Waals surface area contributed by atoms with Gasteiger partial charge in [0.2, 0.25) is 0 Å². The first kappa shape index (κ1) is 21.6. The van der Waals surface area contributed by atoms with E-state index >= 15 is 0 Å². The first-order valence-corrected chi connectivity index (χ1v) is 9.58. The molecule has 0 spiro atoms. The van der Waals surface area contributed by atoms with Crippen molar-refractivity contribution >= 4 is 17.6 Å². The van der Waals surface area contributed by atoms with Crippen molar-refractivity contribution in [3.8, 4) is 22.6 Å². The summed E-state index contributed by atoms with van der Waals surface area (Å²) in [5.41, 5.74) is 5.73. The number of amides is 1. The Bertz CT molecular complexity index is 1060. The predicted molar refractivity (Wildman–Crippen MR) is 117 cm³/mol. The third-order valence-electron chi connectivity index (χ3n) is 4.31. The van der Waals surface area contributed by atoms with Crippen LogP contribution in [0, 0.1) is 0 Å². The van der Waals surface area contributed by atoms with Crippen LogP contribution >= 0.6 is 0 Å². The topological polar surface area (TPSA) is 97.2 Å².